The molecule has 9 nitrogen and oxygen atoms in total. The standard InChI is InChI=1S/C28H33FN2O7/c1-38-23-13-7-2-8-18(23)14-16-31(17-15-24(32)33)27(35)25(21-11-5-6-12-22(21)29)30-26(34)19-9-3-4-10-20(19)28(36)37/h2,5-8,11-13,19-20,25H,3-4,9-10,14-17H2,1H3,(H,30,34)(H,32,33)(H,36,37)/t19-,20-,25+/m1/s1. The lowest BCUT2D eigenvalue weighted by Gasteiger charge is -2.32. The molecule has 1 fully saturated rings. The molecule has 0 saturated heterocycles. The van der Waals surface area contributed by atoms with Gasteiger partial charge in [-0.05, 0) is 37.0 Å². The van der Waals surface area contributed by atoms with Crippen molar-refractivity contribution in [3.8, 4) is 5.75 Å². The highest BCUT2D eigenvalue weighted by molar-refractivity contribution is 5.91. The summed E-state index contributed by atoms with van der Waals surface area (Å²) in [7, 11) is 1.52. The highest BCUT2D eigenvalue weighted by Crippen LogP contribution is 2.32. The second kappa shape index (κ2) is 13.6. The van der Waals surface area contributed by atoms with E-state index in [2.05, 4.69) is 5.32 Å². The van der Waals surface area contributed by atoms with Crippen molar-refractivity contribution in [1.29, 1.82) is 0 Å². The van der Waals surface area contributed by atoms with Crippen molar-refractivity contribution in [2.45, 2.75) is 44.6 Å². The first-order chi connectivity index (χ1) is 18.2. The average Bonchev–Trinajstić information content (AvgIpc) is 2.91. The summed E-state index contributed by atoms with van der Waals surface area (Å²) < 4.78 is 20.3. The number of amides is 2. The van der Waals surface area contributed by atoms with Crippen LogP contribution in [0.4, 0.5) is 4.39 Å². The number of rotatable bonds is 12. The van der Waals surface area contributed by atoms with Crippen LogP contribution in [-0.4, -0.2) is 59.1 Å². The molecule has 2 aromatic carbocycles. The molecule has 1 aliphatic rings. The fraction of sp³-hybridized carbons (Fsp3) is 0.429. The van der Waals surface area contributed by atoms with Gasteiger partial charge in [-0.3, -0.25) is 19.2 Å². The molecule has 1 saturated carbocycles. The molecule has 0 bridgehead atoms. The molecule has 2 aromatic rings. The van der Waals surface area contributed by atoms with Gasteiger partial charge in [0.05, 0.1) is 25.4 Å². The minimum Gasteiger partial charge on any atom is -0.496 e. The Balaban J connectivity index is 1.90. The molecule has 3 rings (SSSR count). The minimum absolute atomic E-state index is 0.0776. The Bertz CT molecular complexity index is 1160. The van der Waals surface area contributed by atoms with E-state index in [1.165, 1.54) is 36.3 Å². The van der Waals surface area contributed by atoms with E-state index < -0.39 is 47.4 Å². The van der Waals surface area contributed by atoms with Gasteiger partial charge < -0.3 is 25.2 Å². The number of hydrogen-bond donors (Lipinski definition) is 3. The number of carbonyl (C=O) groups excluding carboxylic acids is 2. The largest absolute Gasteiger partial charge is 0.496 e. The molecule has 0 aliphatic heterocycles. The summed E-state index contributed by atoms with van der Waals surface area (Å²) in [5, 5.41) is 21.5. The van der Waals surface area contributed by atoms with E-state index in [0.29, 0.717) is 37.9 Å². The van der Waals surface area contributed by atoms with Gasteiger partial charge in [0.2, 0.25) is 11.8 Å². The summed E-state index contributed by atoms with van der Waals surface area (Å²) >= 11 is 0. The lowest BCUT2D eigenvalue weighted by atomic mass is 9.78. The number of para-hydroxylation sites is 1. The SMILES string of the molecule is COc1ccccc1CCN(CCC(=O)O)C(=O)[C@@H](NC(=O)[C@@H]1CCCC[C@H]1C(=O)O)c1ccccc1F. The summed E-state index contributed by atoms with van der Waals surface area (Å²) in [5.74, 6) is -5.37. The van der Waals surface area contributed by atoms with E-state index in [4.69, 9.17) is 4.74 Å². The lowest BCUT2D eigenvalue weighted by molar-refractivity contribution is -0.149. The quantitative estimate of drug-likeness (QED) is 0.384. The van der Waals surface area contributed by atoms with E-state index in [0.717, 1.165) is 5.56 Å². The maximum absolute atomic E-state index is 14.9. The highest BCUT2D eigenvalue weighted by Gasteiger charge is 2.38. The maximum atomic E-state index is 14.9. The van der Waals surface area contributed by atoms with Crippen LogP contribution in [0, 0.1) is 17.7 Å². The van der Waals surface area contributed by atoms with Crippen molar-refractivity contribution in [1.82, 2.24) is 10.2 Å². The predicted molar refractivity (Wildman–Crippen MR) is 136 cm³/mol. The summed E-state index contributed by atoms with van der Waals surface area (Å²) in [6, 6.07) is 11.3. The second-order valence-corrected chi connectivity index (χ2v) is 9.33. The number of methoxy groups -OCH3 is 1. The first-order valence-corrected chi connectivity index (χ1v) is 12.6. The number of nitrogens with one attached hydrogen (secondary N) is 1. The Morgan fingerprint density at radius 3 is 2.32 bits per heavy atom. The molecule has 2 amide bonds. The Kier molecular flexibility index (Phi) is 10.2. The number of nitrogens with zero attached hydrogens (tertiary/aromatic N) is 1. The number of carboxylic acids is 2. The molecule has 0 radical (unpaired) electrons. The zero-order valence-corrected chi connectivity index (χ0v) is 21.3. The van der Waals surface area contributed by atoms with Crippen LogP contribution in [0.1, 0.15) is 49.3 Å². The molecule has 3 atom stereocenters. The first-order valence-electron chi connectivity index (χ1n) is 12.6. The lowest BCUT2D eigenvalue weighted by Crippen LogP contribution is -2.48. The van der Waals surface area contributed by atoms with Crippen LogP contribution < -0.4 is 10.1 Å². The van der Waals surface area contributed by atoms with Gasteiger partial charge in [-0.2, -0.15) is 0 Å². The van der Waals surface area contributed by atoms with Crippen molar-refractivity contribution in [3.05, 3.63) is 65.5 Å². The molecule has 1 aliphatic carbocycles. The molecular weight excluding hydrogens is 495 g/mol. The van der Waals surface area contributed by atoms with Crippen molar-refractivity contribution in [3.63, 3.8) is 0 Å². The van der Waals surface area contributed by atoms with Crippen LogP contribution in [0.3, 0.4) is 0 Å². The maximum Gasteiger partial charge on any atom is 0.307 e. The number of carbonyl (C=O) groups is 4. The third kappa shape index (κ3) is 7.30. The van der Waals surface area contributed by atoms with E-state index in [-0.39, 0.29) is 25.1 Å². The average molecular weight is 529 g/mol. The third-order valence-corrected chi connectivity index (χ3v) is 6.92. The van der Waals surface area contributed by atoms with Crippen molar-refractivity contribution >= 4 is 23.8 Å². The summed E-state index contributed by atoms with van der Waals surface area (Å²) in [5.41, 5.74) is 0.715. The number of carboxylic acid groups (broad SMARTS) is 2. The van der Waals surface area contributed by atoms with Crippen molar-refractivity contribution in [2.75, 3.05) is 20.2 Å². The Hall–Kier alpha value is -3.95. The van der Waals surface area contributed by atoms with E-state index in [9.17, 15) is 33.8 Å². The van der Waals surface area contributed by atoms with Crippen LogP contribution in [0.2, 0.25) is 0 Å². The minimum atomic E-state index is -1.45. The van der Waals surface area contributed by atoms with Crippen LogP contribution >= 0.6 is 0 Å². The second-order valence-electron chi connectivity index (χ2n) is 9.33. The summed E-state index contributed by atoms with van der Waals surface area (Å²) in [6.45, 7) is -0.0696. The summed E-state index contributed by atoms with van der Waals surface area (Å²) in [4.78, 5) is 51.5. The number of benzene rings is 2. The van der Waals surface area contributed by atoms with Crippen LogP contribution in [-0.2, 0) is 25.6 Å². The zero-order chi connectivity index (χ0) is 27.7. The fourth-order valence-corrected chi connectivity index (χ4v) is 4.88. The van der Waals surface area contributed by atoms with Crippen LogP contribution in [0.5, 0.6) is 5.75 Å². The van der Waals surface area contributed by atoms with E-state index >= 15 is 0 Å². The van der Waals surface area contributed by atoms with Gasteiger partial charge in [0.1, 0.15) is 17.6 Å². The van der Waals surface area contributed by atoms with Crippen molar-refractivity contribution < 1.29 is 38.5 Å². The van der Waals surface area contributed by atoms with E-state index in [1.54, 1.807) is 12.1 Å². The zero-order valence-electron chi connectivity index (χ0n) is 21.3. The first kappa shape index (κ1) is 28.6. The molecule has 0 unspecified atom stereocenters. The smallest absolute Gasteiger partial charge is 0.307 e. The van der Waals surface area contributed by atoms with Gasteiger partial charge in [0, 0.05) is 18.7 Å². The van der Waals surface area contributed by atoms with Crippen LogP contribution in [0.25, 0.3) is 0 Å². The molecule has 10 heteroatoms. The normalized spacial score (nSPS) is 17.7. The highest BCUT2D eigenvalue weighted by atomic mass is 19.1. The monoisotopic (exact) mass is 528 g/mol. The van der Waals surface area contributed by atoms with Gasteiger partial charge in [-0.15, -0.1) is 0 Å². The Morgan fingerprint density at radius 1 is 1.00 bits per heavy atom. The molecule has 0 aromatic heterocycles. The molecule has 204 valence electrons. The number of hydrogen-bond acceptors (Lipinski definition) is 5. The molecular formula is C28H33FN2O7. The molecule has 0 spiro atoms. The van der Waals surface area contributed by atoms with Gasteiger partial charge in [0.25, 0.3) is 0 Å². The number of ether oxygens (including phenoxy) is 1. The van der Waals surface area contributed by atoms with E-state index in [1.807, 2.05) is 12.1 Å². The molecule has 3 N–H and O–H groups in total. The molecule has 0 heterocycles. The molecule has 38 heavy (non-hydrogen) atoms. The van der Waals surface area contributed by atoms with Gasteiger partial charge in [-0.1, -0.05) is 49.2 Å². The predicted octanol–water partition coefficient (Wildman–Crippen LogP) is 3.43. The fourth-order valence-electron chi connectivity index (χ4n) is 4.88. The van der Waals surface area contributed by atoms with Crippen molar-refractivity contribution in [2.24, 2.45) is 11.8 Å². The summed E-state index contributed by atoms with van der Waals surface area (Å²) in [6.07, 6.45) is 2.02. The Labute approximate surface area is 220 Å². The van der Waals surface area contributed by atoms with Gasteiger partial charge in [0.15, 0.2) is 0 Å². The van der Waals surface area contributed by atoms with Gasteiger partial charge in [-0.25, -0.2) is 4.39 Å². The third-order valence-electron chi connectivity index (χ3n) is 6.92. The number of halogens is 1. The van der Waals surface area contributed by atoms with Gasteiger partial charge >= 0.3 is 11.9 Å². The topological polar surface area (TPSA) is 133 Å². The number of aliphatic carboxylic acids is 2. The van der Waals surface area contributed by atoms with Crippen LogP contribution in [0.15, 0.2) is 48.5 Å². The Morgan fingerprint density at radius 2 is 1.66 bits per heavy atom.